The maximum atomic E-state index is 12.0. The summed E-state index contributed by atoms with van der Waals surface area (Å²) in [6, 6.07) is -1.19. The summed E-state index contributed by atoms with van der Waals surface area (Å²) < 4.78 is 0.625. The summed E-state index contributed by atoms with van der Waals surface area (Å²) in [6.45, 7) is 1.17. The highest BCUT2D eigenvalue weighted by Gasteiger charge is 2.39. The molecule has 8 heteroatoms. The van der Waals surface area contributed by atoms with Crippen molar-refractivity contribution >= 4 is 17.6 Å². The molecule has 1 fully saturated rings. The molecule has 0 radical (unpaired) electrons. The van der Waals surface area contributed by atoms with Gasteiger partial charge in [-0.2, -0.15) is 0 Å². The number of aromatic nitrogens is 2. The number of Topliss-reactive ketones (excluding diaryl/α,β-unsaturated/α-hetero) is 1. The Labute approximate surface area is 106 Å². The zero-order chi connectivity index (χ0) is 14.3. The van der Waals surface area contributed by atoms with Crippen molar-refractivity contribution in [2.75, 3.05) is 7.05 Å². The van der Waals surface area contributed by atoms with E-state index in [4.69, 9.17) is 0 Å². The van der Waals surface area contributed by atoms with E-state index in [2.05, 4.69) is 4.98 Å². The highest BCUT2D eigenvalue weighted by atomic mass is 16.2. The summed E-state index contributed by atoms with van der Waals surface area (Å²) in [5, 5.41) is 0. The second kappa shape index (κ2) is 4.30. The zero-order valence-electron chi connectivity index (χ0n) is 10.3. The summed E-state index contributed by atoms with van der Waals surface area (Å²) in [6.07, 6.45) is 0.744. The SMILES string of the molecule is CC(=O)c1c[nH]c(=O)n(C2CC(=O)N(C)C2=O)c1=O. The Morgan fingerprint density at radius 3 is 2.42 bits per heavy atom. The van der Waals surface area contributed by atoms with Crippen LogP contribution in [0.5, 0.6) is 0 Å². The van der Waals surface area contributed by atoms with Crippen molar-refractivity contribution in [1.82, 2.24) is 14.5 Å². The molecule has 0 saturated carbocycles. The molecule has 2 rings (SSSR count). The normalized spacial score (nSPS) is 19.1. The molecule has 100 valence electrons. The highest BCUT2D eigenvalue weighted by molar-refractivity contribution is 6.04. The number of rotatable bonds is 2. The van der Waals surface area contributed by atoms with Crippen LogP contribution < -0.4 is 11.2 Å². The van der Waals surface area contributed by atoms with Crippen molar-refractivity contribution in [1.29, 1.82) is 0 Å². The van der Waals surface area contributed by atoms with Crippen molar-refractivity contribution in [2.45, 2.75) is 19.4 Å². The molecule has 1 N–H and O–H groups in total. The van der Waals surface area contributed by atoms with Gasteiger partial charge >= 0.3 is 5.69 Å². The van der Waals surface area contributed by atoms with Crippen molar-refractivity contribution < 1.29 is 14.4 Å². The summed E-state index contributed by atoms with van der Waals surface area (Å²) in [7, 11) is 1.28. The first kappa shape index (κ1) is 12.9. The lowest BCUT2D eigenvalue weighted by molar-refractivity contribution is -0.137. The van der Waals surface area contributed by atoms with Gasteiger partial charge in [-0.1, -0.05) is 0 Å². The van der Waals surface area contributed by atoms with Gasteiger partial charge < -0.3 is 4.98 Å². The van der Waals surface area contributed by atoms with Crippen molar-refractivity contribution in [3.8, 4) is 0 Å². The minimum atomic E-state index is -1.19. The number of hydrogen-bond donors (Lipinski definition) is 1. The number of aromatic amines is 1. The first-order chi connectivity index (χ1) is 8.84. The summed E-state index contributed by atoms with van der Waals surface area (Å²) >= 11 is 0. The molecule has 8 nitrogen and oxygen atoms in total. The number of likely N-dealkylation sites (N-methyl/N-ethyl adjacent to an activating group) is 1. The average Bonchev–Trinajstić information content (AvgIpc) is 2.57. The van der Waals surface area contributed by atoms with Crippen molar-refractivity contribution in [2.24, 2.45) is 0 Å². The van der Waals surface area contributed by atoms with Gasteiger partial charge in [0.15, 0.2) is 5.78 Å². The van der Waals surface area contributed by atoms with Crippen LogP contribution in [-0.2, 0) is 9.59 Å². The second-order valence-electron chi connectivity index (χ2n) is 4.25. The molecule has 1 unspecified atom stereocenters. The van der Waals surface area contributed by atoms with Crippen LogP contribution in [0.15, 0.2) is 15.8 Å². The first-order valence-corrected chi connectivity index (χ1v) is 5.50. The van der Waals surface area contributed by atoms with E-state index >= 15 is 0 Å². The topological polar surface area (TPSA) is 109 Å². The van der Waals surface area contributed by atoms with E-state index in [9.17, 15) is 24.0 Å². The van der Waals surface area contributed by atoms with Crippen LogP contribution in [0.2, 0.25) is 0 Å². The maximum Gasteiger partial charge on any atom is 0.329 e. The molecule has 1 atom stereocenters. The summed E-state index contributed by atoms with van der Waals surface area (Å²) in [5.41, 5.74) is -1.91. The molecule has 1 aliphatic heterocycles. The van der Waals surface area contributed by atoms with E-state index in [0.717, 1.165) is 11.1 Å². The van der Waals surface area contributed by atoms with E-state index in [0.29, 0.717) is 4.57 Å². The van der Waals surface area contributed by atoms with Crippen LogP contribution in [0.25, 0.3) is 0 Å². The number of ketones is 1. The van der Waals surface area contributed by atoms with Gasteiger partial charge in [0.25, 0.3) is 11.5 Å². The Bertz CT molecular complexity index is 699. The van der Waals surface area contributed by atoms with E-state index < -0.39 is 34.9 Å². The van der Waals surface area contributed by atoms with Gasteiger partial charge in [-0.05, 0) is 6.92 Å². The molecule has 2 amide bonds. The molecule has 0 spiro atoms. The molecule has 19 heavy (non-hydrogen) atoms. The fourth-order valence-electron chi connectivity index (χ4n) is 1.96. The number of carbonyl (C=O) groups excluding carboxylic acids is 3. The number of imide groups is 1. The fraction of sp³-hybridized carbons (Fsp3) is 0.364. The predicted octanol–water partition coefficient (Wildman–Crippen LogP) is -1.33. The third kappa shape index (κ3) is 1.90. The Kier molecular flexibility index (Phi) is 2.93. The largest absolute Gasteiger partial charge is 0.329 e. The number of H-pyrrole nitrogens is 1. The van der Waals surface area contributed by atoms with Crippen LogP contribution in [-0.4, -0.2) is 39.1 Å². The summed E-state index contributed by atoms with van der Waals surface area (Å²) in [5.74, 6) is -1.65. The van der Waals surface area contributed by atoms with Gasteiger partial charge in [0.2, 0.25) is 5.91 Å². The average molecular weight is 265 g/mol. The minimum absolute atomic E-state index is 0.227. The van der Waals surface area contributed by atoms with E-state index in [1.54, 1.807) is 0 Å². The minimum Gasteiger partial charge on any atom is -0.313 e. The Morgan fingerprint density at radius 1 is 1.32 bits per heavy atom. The van der Waals surface area contributed by atoms with Gasteiger partial charge in [0.05, 0.1) is 12.0 Å². The van der Waals surface area contributed by atoms with Gasteiger partial charge in [0.1, 0.15) is 6.04 Å². The molecule has 0 aromatic carbocycles. The highest BCUT2D eigenvalue weighted by Crippen LogP contribution is 2.20. The Hall–Kier alpha value is -2.51. The molecular weight excluding hydrogens is 254 g/mol. The standard InChI is InChI=1S/C11H11N3O5/c1-5(15)6-4-12-11(19)14(9(6)17)7-3-8(16)13(2)10(7)18/h4,7H,3H2,1-2H3,(H,12,19). The Morgan fingerprint density at radius 2 is 1.95 bits per heavy atom. The van der Waals surface area contributed by atoms with Crippen molar-refractivity contribution in [3.63, 3.8) is 0 Å². The molecule has 1 aromatic heterocycles. The molecule has 0 aliphatic carbocycles. The molecule has 1 saturated heterocycles. The number of likely N-dealkylation sites (tertiary alicyclic amines) is 1. The smallest absolute Gasteiger partial charge is 0.313 e. The summed E-state index contributed by atoms with van der Waals surface area (Å²) in [4.78, 5) is 61.3. The van der Waals surface area contributed by atoms with Crippen LogP contribution in [0.1, 0.15) is 29.7 Å². The number of nitrogens with one attached hydrogen (secondary N) is 1. The van der Waals surface area contributed by atoms with Gasteiger partial charge in [-0.15, -0.1) is 0 Å². The second-order valence-corrected chi connectivity index (χ2v) is 4.25. The Balaban J connectivity index is 2.64. The van der Waals surface area contributed by atoms with Gasteiger partial charge in [-0.3, -0.25) is 24.1 Å². The number of hydrogen-bond acceptors (Lipinski definition) is 5. The number of nitrogens with zero attached hydrogens (tertiary/aromatic N) is 2. The molecule has 1 aliphatic rings. The predicted molar refractivity (Wildman–Crippen MR) is 62.8 cm³/mol. The van der Waals surface area contributed by atoms with E-state index in [1.165, 1.54) is 14.0 Å². The third-order valence-electron chi connectivity index (χ3n) is 3.06. The first-order valence-electron chi connectivity index (χ1n) is 5.50. The molecule has 1 aromatic rings. The monoisotopic (exact) mass is 265 g/mol. The third-order valence-corrected chi connectivity index (χ3v) is 3.06. The molecular formula is C11H11N3O5. The van der Waals surface area contributed by atoms with Crippen LogP contribution in [0.4, 0.5) is 0 Å². The van der Waals surface area contributed by atoms with Gasteiger partial charge in [-0.25, -0.2) is 9.36 Å². The lowest BCUT2D eigenvalue weighted by atomic mass is 10.2. The lowest BCUT2D eigenvalue weighted by Gasteiger charge is -2.11. The van der Waals surface area contributed by atoms with Crippen molar-refractivity contribution in [3.05, 3.63) is 32.6 Å². The van der Waals surface area contributed by atoms with Gasteiger partial charge in [0, 0.05) is 13.2 Å². The van der Waals surface area contributed by atoms with Crippen LogP contribution >= 0.6 is 0 Å². The maximum absolute atomic E-state index is 12.0. The van der Waals surface area contributed by atoms with E-state index in [1.807, 2.05) is 0 Å². The zero-order valence-corrected chi connectivity index (χ0v) is 10.3. The lowest BCUT2D eigenvalue weighted by Crippen LogP contribution is -2.42. The molecule has 0 bridgehead atoms. The molecule has 2 heterocycles. The fourth-order valence-corrected chi connectivity index (χ4v) is 1.96. The van der Waals surface area contributed by atoms with E-state index in [-0.39, 0.29) is 12.0 Å². The van der Waals surface area contributed by atoms with Crippen LogP contribution in [0, 0.1) is 0 Å². The van der Waals surface area contributed by atoms with Crippen LogP contribution in [0.3, 0.4) is 0 Å². The quantitative estimate of drug-likeness (QED) is 0.526. The number of amides is 2. The number of carbonyl (C=O) groups is 3.